The highest BCUT2D eigenvalue weighted by molar-refractivity contribution is 5.92. The summed E-state index contributed by atoms with van der Waals surface area (Å²) in [6.45, 7) is 2.02. The molecule has 0 radical (unpaired) electrons. The molecule has 2 aliphatic carbocycles. The molecule has 1 fully saturated rings. The average Bonchev–Trinajstić information content (AvgIpc) is 3.35. The van der Waals surface area contributed by atoms with E-state index in [0.717, 1.165) is 34.8 Å². The highest BCUT2D eigenvalue weighted by atomic mass is 16.5. The van der Waals surface area contributed by atoms with Crippen LogP contribution in [0.3, 0.4) is 0 Å². The first-order valence-corrected chi connectivity index (χ1v) is 8.69. The van der Waals surface area contributed by atoms with E-state index < -0.39 is 0 Å². The van der Waals surface area contributed by atoms with Gasteiger partial charge in [-0.2, -0.15) is 0 Å². The lowest BCUT2D eigenvalue weighted by atomic mass is 10.0. The van der Waals surface area contributed by atoms with Crippen LogP contribution in [0.15, 0.2) is 78.1 Å². The molecular weight excluding hydrogens is 310 g/mol. The Morgan fingerprint density at radius 3 is 2.84 bits per heavy atom. The fourth-order valence-corrected chi connectivity index (χ4v) is 3.29. The van der Waals surface area contributed by atoms with Crippen LogP contribution in [0.1, 0.15) is 19.8 Å². The number of aryl methyl sites for hydroxylation is 1. The Balaban J connectivity index is 0.00000196. The van der Waals surface area contributed by atoms with Crippen molar-refractivity contribution >= 4 is 11.6 Å². The van der Waals surface area contributed by atoms with Crippen molar-refractivity contribution in [1.29, 1.82) is 0 Å². The first kappa shape index (κ1) is 15.7. The summed E-state index contributed by atoms with van der Waals surface area (Å²) < 4.78 is 6.04. The third kappa shape index (κ3) is 3.82. The largest absolute Gasteiger partial charge is 0.461 e. The van der Waals surface area contributed by atoms with Crippen LogP contribution in [-0.2, 0) is 4.79 Å². The summed E-state index contributed by atoms with van der Waals surface area (Å²) >= 11 is 0. The van der Waals surface area contributed by atoms with E-state index in [9.17, 15) is 4.79 Å². The van der Waals surface area contributed by atoms with Gasteiger partial charge in [0.15, 0.2) is 0 Å². The minimum atomic E-state index is 0. The minimum Gasteiger partial charge on any atom is -0.461 e. The zero-order valence-corrected chi connectivity index (χ0v) is 14.2. The van der Waals surface area contributed by atoms with Gasteiger partial charge in [-0.1, -0.05) is 36.4 Å². The lowest BCUT2D eigenvalue weighted by Gasteiger charge is -2.15. The van der Waals surface area contributed by atoms with E-state index >= 15 is 0 Å². The zero-order chi connectivity index (χ0) is 17.2. The Morgan fingerprint density at radius 1 is 1.20 bits per heavy atom. The zero-order valence-electron chi connectivity index (χ0n) is 14.2. The lowest BCUT2D eigenvalue weighted by molar-refractivity contribution is -0.115. The molecule has 0 heterocycles. The van der Waals surface area contributed by atoms with E-state index in [-0.39, 0.29) is 7.33 Å². The number of para-hydroxylation sites is 1. The van der Waals surface area contributed by atoms with E-state index in [1.165, 1.54) is 0 Å². The van der Waals surface area contributed by atoms with Crippen molar-refractivity contribution in [2.24, 2.45) is 11.8 Å². The Labute approximate surface area is 149 Å². The minimum absolute atomic E-state index is 0. The van der Waals surface area contributed by atoms with Crippen molar-refractivity contribution in [3.05, 3.63) is 83.6 Å². The predicted molar refractivity (Wildman–Crippen MR) is 101 cm³/mol. The van der Waals surface area contributed by atoms with Crippen molar-refractivity contribution in [3.63, 3.8) is 0 Å². The summed E-state index contributed by atoms with van der Waals surface area (Å²) in [5.41, 5.74) is 3.01. The maximum atomic E-state index is 12.4. The molecule has 2 unspecified atom stereocenters. The summed E-state index contributed by atoms with van der Waals surface area (Å²) in [6, 6.07) is 17.7. The third-order valence-electron chi connectivity index (χ3n) is 4.61. The molecule has 2 aliphatic rings. The fourth-order valence-electron chi connectivity index (χ4n) is 3.29. The molecule has 25 heavy (non-hydrogen) atoms. The molecule has 3 heteroatoms. The molecule has 0 aliphatic heterocycles. The number of carbonyl (C=O) groups excluding carboxylic acids is 1. The molecule has 3 nitrogen and oxygen atoms in total. The van der Waals surface area contributed by atoms with Gasteiger partial charge in [0.05, 0.1) is 6.42 Å². The number of hydrogen-bond donors (Lipinski definition) is 1. The van der Waals surface area contributed by atoms with Crippen LogP contribution in [0.2, 0.25) is 0 Å². The number of carbonyl (C=O) groups is 1. The molecule has 1 amide bonds. The van der Waals surface area contributed by atoms with Crippen molar-refractivity contribution in [2.75, 3.05) is 5.32 Å². The molecule has 0 saturated heterocycles. The summed E-state index contributed by atoms with van der Waals surface area (Å²) in [7, 11) is 0. The molecule has 128 valence electrons. The van der Waals surface area contributed by atoms with Crippen molar-refractivity contribution in [2.45, 2.75) is 19.8 Å². The van der Waals surface area contributed by atoms with Gasteiger partial charge in [-0.3, -0.25) is 4.79 Å². The second kappa shape index (κ2) is 6.60. The standard InChI is InChI=1S/C22H21NO2.H2/c1-15-6-5-7-18(10-15)23-22(24)13-16-11-17-14-20(17)21(12-16)25-19-8-3-2-4-9-19;/h2-12,17,20H,13-14H2,1H3,(H,23,24);1H. The molecule has 0 aromatic heterocycles. The third-order valence-corrected chi connectivity index (χ3v) is 4.61. The second-order valence-corrected chi connectivity index (χ2v) is 6.80. The van der Waals surface area contributed by atoms with Crippen molar-refractivity contribution in [3.8, 4) is 5.75 Å². The van der Waals surface area contributed by atoms with Gasteiger partial charge in [-0.15, -0.1) is 0 Å². The van der Waals surface area contributed by atoms with Crippen molar-refractivity contribution < 1.29 is 11.0 Å². The highest BCUT2D eigenvalue weighted by Gasteiger charge is 2.42. The van der Waals surface area contributed by atoms with Crippen LogP contribution >= 0.6 is 0 Å². The molecule has 1 N–H and O–H groups in total. The number of rotatable bonds is 5. The molecule has 2 aromatic rings. The Morgan fingerprint density at radius 2 is 2.04 bits per heavy atom. The van der Waals surface area contributed by atoms with Gasteiger partial charge in [0, 0.05) is 13.0 Å². The molecule has 1 saturated carbocycles. The number of nitrogens with one attached hydrogen (secondary N) is 1. The van der Waals surface area contributed by atoms with Gasteiger partial charge in [-0.25, -0.2) is 0 Å². The number of anilines is 1. The number of amides is 1. The number of fused-ring (bicyclic) bond motifs is 1. The summed E-state index contributed by atoms with van der Waals surface area (Å²) in [4.78, 5) is 12.4. The van der Waals surface area contributed by atoms with Crippen LogP contribution in [0, 0.1) is 18.8 Å². The molecule has 0 bridgehead atoms. The van der Waals surface area contributed by atoms with E-state index in [4.69, 9.17) is 4.74 Å². The summed E-state index contributed by atoms with van der Waals surface area (Å²) in [6.07, 6.45) is 5.75. The fraction of sp³-hybridized carbons (Fsp3) is 0.227. The van der Waals surface area contributed by atoms with E-state index in [0.29, 0.717) is 18.3 Å². The SMILES string of the molecule is Cc1cccc(NC(=O)CC2=CC3CC3C(Oc3ccccc3)=C2)c1.[HH]. The first-order valence-electron chi connectivity index (χ1n) is 8.69. The van der Waals surface area contributed by atoms with Gasteiger partial charge in [0.2, 0.25) is 5.91 Å². The first-order chi connectivity index (χ1) is 12.2. The molecular formula is C22H23NO2. The number of hydrogen-bond acceptors (Lipinski definition) is 2. The van der Waals surface area contributed by atoms with Crippen molar-refractivity contribution in [1.82, 2.24) is 0 Å². The monoisotopic (exact) mass is 333 g/mol. The molecule has 2 aromatic carbocycles. The predicted octanol–water partition coefficient (Wildman–Crippen LogP) is 5.11. The number of allylic oxidation sites excluding steroid dienone is 3. The normalized spacial score (nSPS) is 20.8. The van der Waals surface area contributed by atoms with Gasteiger partial charge < -0.3 is 10.1 Å². The maximum absolute atomic E-state index is 12.4. The lowest BCUT2D eigenvalue weighted by Crippen LogP contribution is -2.13. The summed E-state index contributed by atoms with van der Waals surface area (Å²) in [5, 5.41) is 2.97. The highest BCUT2D eigenvalue weighted by Crippen LogP contribution is 2.49. The summed E-state index contributed by atoms with van der Waals surface area (Å²) in [5.74, 6) is 2.84. The van der Waals surface area contributed by atoms with Crippen LogP contribution in [-0.4, -0.2) is 5.91 Å². The van der Waals surface area contributed by atoms with Gasteiger partial charge in [0.1, 0.15) is 11.5 Å². The van der Waals surface area contributed by atoms with Crippen LogP contribution in [0.4, 0.5) is 5.69 Å². The topological polar surface area (TPSA) is 38.3 Å². The maximum Gasteiger partial charge on any atom is 0.228 e. The number of ether oxygens (including phenoxy) is 1. The Hall–Kier alpha value is -2.81. The van der Waals surface area contributed by atoms with Gasteiger partial charge in [-0.05, 0) is 60.7 Å². The smallest absolute Gasteiger partial charge is 0.228 e. The van der Waals surface area contributed by atoms with Crippen LogP contribution in [0.25, 0.3) is 0 Å². The van der Waals surface area contributed by atoms with Gasteiger partial charge >= 0.3 is 0 Å². The van der Waals surface area contributed by atoms with E-state index in [1.807, 2.05) is 67.6 Å². The average molecular weight is 333 g/mol. The van der Waals surface area contributed by atoms with Crippen LogP contribution < -0.4 is 10.1 Å². The molecule has 4 rings (SSSR count). The Bertz CT molecular complexity index is 857. The van der Waals surface area contributed by atoms with E-state index in [2.05, 4.69) is 11.4 Å². The van der Waals surface area contributed by atoms with Crippen LogP contribution in [0.5, 0.6) is 5.75 Å². The van der Waals surface area contributed by atoms with Gasteiger partial charge in [0.25, 0.3) is 0 Å². The number of benzene rings is 2. The quantitative estimate of drug-likeness (QED) is 0.826. The van der Waals surface area contributed by atoms with E-state index in [1.54, 1.807) is 0 Å². The molecule has 0 spiro atoms. The second-order valence-electron chi connectivity index (χ2n) is 6.80. The Kier molecular flexibility index (Phi) is 4.14. The molecule has 2 atom stereocenters.